The molecule has 0 aliphatic heterocycles. The Morgan fingerprint density at radius 3 is 2.85 bits per heavy atom. The summed E-state index contributed by atoms with van der Waals surface area (Å²) in [5.74, 6) is -0.816. The summed E-state index contributed by atoms with van der Waals surface area (Å²) in [6, 6.07) is 5.76. The lowest BCUT2D eigenvalue weighted by atomic mass is 9.85. The highest BCUT2D eigenvalue weighted by Crippen LogP contribution is 2.30. The van der Waals surface area contributed by atoms with Gasteiger partial charge in [0, 0.05) is 17.8 Å². The van der Waals surface area contributed by atoms with Crippen LogP contribution in [0.5, 0.6) is 0 Å². The molecule has 3 rings (SSSR count). The number of hydrogen-bond donors (Lipinski definition) is 3. The fraction of sp³-hybridized carbons (Fsp3) is 0.471. The van der Waals surface area contributed by atoms with Gasteiger partial charge in [-0.25, -0.2) is 9.78 Å². The largest absolute Gasteiger partial charge is 0.480 e. The first-order valence-corrected chi connectivity index (χ1v) is 10.5. The Bertz CT molecular complexity index is 804. The molecule has 1 aliphatic carbocycles. The van der Waals surface area contributed by atoms with E-state index in [0.717, 1.165) is 33.1 Å². The third-order valence-corrected chi connectivity index (χ3v) is 6.51. The molecule has 9 heteroatoms. The van der Waals surface area contributed by atoms with E-state index in [-0.39, 0.29) is 24.7 Å². The molecule has 0 atom stereocenters. The van der Waals surface area contributed by atoms with Gasteiger partial charge in [0.05, 0.1) is 16.8 Å². The van der Waals surface area contributed by atoms with Crippen molar-refractivity contribution in [3.8, 4) is 0 Å². The lowest BCUT2D eigenvalue weighted by Crippen LogP contribution is -2.55. The maximum Gasteiger partial charge on any atom is 0.319 e. The van der Waals surface area contributed by atoms with Gasteiger partial charge in [0.1, 0.15) is 0 Å². The maximum absolute atomic E-state index is 12.2. The van der Waals surface area contributed by atoms with Crippen LogP contribution in [0, 0.1) is 0 Å². The Morgan fingerprint density at radius 1 is 1.42 bits per heavy atom. The molecule has 0 saturated heterocycles. The van der Waals surface area contributed by atoms with E-state index in [2.05, 4.69) is 15.6 Å². The topological polar surface area (TPSA) is 94.6 Å². The lowest BCUT2D eigenvalue weighted by molar-refractivity contribution is -0.139. The van der Waals surface area contributed by atoms with E-state index in [0.29, 0.717) is 6.54 Å². The number of fused-ring (bicyclic) bond motifs is 1. The number of thiazole rings is 1. The van der Waals surface area contributed by atoms with E-state index in [1.54, 1.807) is 23.1 Å². The number of thioether (sulfide) groups is 1. The fourth-order valence-corrected chi connectivity index (χ4v) is 4.63. The molecule has 0 spiro atoms. The van der Waals surface area contributed by atoms with Crippen LogP contribution in [0.3, 0.4) is 0 Å². The standard InChI is InChI=1S/C17H22N4O3S2/c1-3-21(9-15(22)23)12-6-11(7-12)19-16(24)18-10-4-5-13-14(8-10)26-17(20-13)25-2/h4-5,8,11-12H,3,6-7,9H2,1-2H3,(H,22,23)(H2,18,19,24). The van der Waals surface area contributed by atoms with Gasteiger partial charge >= 0.3 is 12.0 Å². The van der Waals surface area contributed by atoms with Gasteiger partial charge < -0.3 is 15.7 Å². The zero-order chi connectivity index (χ0) is 18.7. The van der Waals surface area contributed by atoms with Crippen LogP contribution >= 0.6 is 23.1 Å². The number of anilines is 1. The van der Waals surface area contributed by atoms with Crippen molar-refractivity contribution in [2.45, 2.75) is 36.2 Å². The van der Waals surface area contributed by atoms with Crippen LogP contribution in [-0.4, -0.2) is 58.4 Å². The average molecular weight is 395 g/mol. The summed E-state index contributed by atoms with van der Waals surface area (Å²) in [6.07, 6.45) is 3.55. The number of aromatic nitrogens is 1. The van der Waals surface area contributed by atoms with Crippen LogP contribution < -0.4 is 10.6 Å². The van der Waals surface area contributed by atoms with Crippen LogP contribution in [0.1, 0.15) is 19.8 Å². The number of likely N-dealkylation sites (N-methyl/N-ethyl adjacent to an activating group) is 1. The average Bonchev–Trinajstić information content (AvgIpc) is 2.98. The third-order valence-electron chi connectivity index (χ3n) is 4.51. The highest BCUT2D eigenvalue weighted by atomic mass is 32.2. The van der Waals surface area contributed by atoms with Gasteiger partial charge in [-0.2, -0.15) is 0 Å². The zero-order valence-electron chi connectivity index (χ0n) is 14.7. The van der Waals surface area contributed by atoms with Gasteiger partial charge in [-0.1, -0.05) is 18.7 Å². The second-order valence-electron chi connectivity index (χ2n) is 6.24. The minimum Gasteiger partial charge on any atom is -0.480 e. The molecule has 26 heavy (non-hydrogen) atoms. The van der Waals surface area contributed by atoms with Crippen molar-refractivity contribution in [1.29, 1.82) is 0 Å². The molecule has 2 aromatic rings. The number of rotatable bonds is 7. The van der Waals surface area contributed by atoms with E-state index in [1.165, 1.54) is 0 Å². The van der Waals surface area contributed by atoms with Gasteiger partial charge in [-0.15, -0.1) is 11.3 Å². The SMILES string of the molecule is CCN(CC(=O)O)C1CC(NC(=O)Nc2ccc3nc(SC)sc3c2)C1. The quantitative estimate of drug-likeness (QED) is 0.625. The Morgan fingerprint density at radius 2 is 2.19 bits per heavy atom. The molecule has 1 fully saturated rings. The number of hydrogen-bond acceptors (Lipinski definition) is 6. The molecule has 7 nitrogen and oxygen atoms in total. The minimum absolute atomic E-state index is 0.0486. The number of carbonyl (C=O) groups is 2. The Hall–Kier alpha value is -1.84. The normalized spacial score (nSPS) is 19.3. The summed E-state index contributed by atoms with van der Waals surface area (Å²) in [5, 5.41) is 14.7. The monoisotopic (exact) mass is 394 g/mol. The molecular weight excluding hydrogens is 372 g/mol. The van der Waals surface area contributed by atoms with Gasteiger partial charge in [0.25, 0.3) is 0 Å². The molecule has 140 valence electrons. The molecule has 0 bridgehead atoms. The number of nitrogens with one attached hydrogen (secondary N) is 2. The van der Waals surface area contributed by atoms with Gasteiger partial charge in [0.15, 0.2) is 4.34 Å². The van der Waals surface area contributed by atoms with Crippen molar-refractivity contribution in [3.05, 3.63) is 18.2 Å². The van der Waals surface area contributed by atoms with Gasteiger partial charge in [0.2, 0.25) is 0 Å². The van der Waals surface area contributed by atoms with E-state index >= 15 is 0 Å². The van der Waals surface area contributed by atoms with Crippen LogP contribution in [0.15, 0.2) is 22.5 Å². The first kappa shape index (κ1) is 18.9. The van der Waals surface area contributed by atoms with Crippen molar-refractivity contribution in [1.82, 2.24) is 15.2 Å². The number of carbonyl (C=O) groups excluding carboxylic acids is 1. The van der Waals surface area contributed by atoms with Crippen molar-refractivity contribution in [3.63, 3.8) is 0 Å². The highest BCUT2D eigenvalue weighted by Gasteiger charge is 2.34. The first-order valence-electron chi connectivity index (χ1n) is 8.46. The first-order chi connectivity index (χ1) is 12.5. The Labute approximate surface area is 160 Å². The molecule has 1 heterocycles. The molecule has 0 unspecified atom stereocenters. The summed E-state index contributed by atoms with van der Waals surface area (Å²) < 4.78 is 2.05. The molecule has 2 amide bonds. The van der Waals surface area contributed by atoms with Crippen LogP contribution in [0.25, 0.3) is 10.2 Å². The number of aliphatic carboxylic acids is 1. The van der Waals surface area contributed by atoms with E-state index < -0.39 is 5.97 Å². The minimum atomic E-state index is -0.816. The summed E-state index contributed by atoms with van der Waals surface area (Å²) in [5.41, 5.74) is 1.67. The molecule has 0 radical (unpaired) electrons. The van der Waals surface area contributed by atoms with Crippen LogP contribution in [-0.2, 0) is 4.79 Å². The van der Waals surface area contributed by atoms with E-state index in [9.17, 15) is 9.59 Å². The zero-order valence-corrected chi connectivity index (χ0v) is 16.3. The van der Waals surface area contributed by atoms with Gasteiger partial charge in [-0.3, -0.25) is 9.69 Å². The Kier molecular flexibility index (Phi) is 6.00. The Balaban J connectivity index is 1.50. The fourth-order valence-electron chi connectivity index (χ4n) is 3.10. The number of benzene rings is 1. The highest BCUT2D eigenvalue weighted by molar-refractivity contribution is 8.00. The smallest absolute Gasteiger partial charge is 0.319 e. The third kappa shape index (κ3) is 4.46. The number of carboxylic acid groups (broad SMARTS) is 1. The number of amides is 2. The molecule has 1 aliphatic rings. The summed E-state index contributed by atoms with van der Waals surface area (Å²) >= 11 is 3.21. The summed E-state index contributed by atoms with van der Waals surface area (Å²) in [4.78, 5) is 29.5. The second kappa shape index (κ2) is 8.24. The predicted molar refractivity (Wildman–Crippen MR) is 105 cm³/mol. The molecule has 3 N–H and O–H groups in total. The van der Waals surface area contributed by atoms with Crippen molar-refractivity contribution in [2.75, 3.05) is 24.7 Å². The number of urea groups is 1. The lowest BCUT2D eigenvalue weighted by Gasteiger charge is -2.42. The molecular formula is C17H22N4O3S2. The second-order valence-corrected chi connectivity index (χ2v) is 8.33. The van der Waals surface area contributed by atoms with E-state index in [4.69, 9.17) is 5.11 Å². The van der Waals surface area contributed by atoms with E-state index in [1.807, 2.05) is 36.3 Å². The number of nitrogens with zero attached hydrogens (tertiary/aromatic N) is 2. The molecule has 1 aromatic carbocycles. The number of carboxylic acids is 1. The van der Waals surface area contributed by atoms with Crippen LogP contribution in [0.2, 0.25) is 0 Å². The van der Waals surface area contributed by atoms with Crippen molar-refractivity contribution in [2.24, 2.45) is 0 Å². The molecule has 1 aromatic heterocycles. The predicted octanol–water partition coefficient (Wildman–Crippen LogP) is 3.08. The van der Waals surface area contributed by atoms with Crippen molar-refractivity contribution < 1.29 is 14.7 Å². The maximum atomic E-state index is 12.2. The van der Waals surface area contributed by atoms with Crippen molar-refractivity contribution >= 4 is 51.0 Å². The van der Waals surface area contributed by atoms with Gasteiger partial charge in [-0.05, 0) is 43.8 Å². The summed E-state index contributed by atoms with van der Waals surface area (Å²) in [6.45, 7) is 2.70. The van der Waals surface area contributed by atoms with Crippen LogP contribution in [0.4, 0.5) is 10.5 Å². The summed E-state index contributed by atoms with van der Waals surface area (Å²) in [7, 11) is 0. The molecule has 1 saturated carbocycles.